The minimum absolute atomic E-state index is 0.221. The Kier molecular flexibility index (Phi) is 5.33. The highest BCUT2D eigenvalue weighted by Gasteiger charge is 2.48. The first-order chi connectivity index (χ1) is 12.3. The predicted octanol–water partition coefficient (Wildman–Crippen LogP) is 1.55. The molecule has 0 bridgehead atoms. The van der Waals surface area contributed by atoms with Crippen molar-refractivity contribution in [3.05, 3.63) is 17.0 Å². The number of aryl methyl sites for hydroxylation is 2. The fourth-order valence-corrected chi connectivity index (χ4v) is 6.55. The topological polar surface area (TPSA) is 79.6 Å². The number of hydrogen-bond acceptors (Lipinski definition) is 4. The van der Waals surface area contributed by atoms with E-state index in [4.69, 9.17) is 0 Å². The molecular formula is C18H31N5O2S. The number of nitrogens with one attached hydrogen (secondary N) is 1. The summed E-state index contributed by atoms with van der Waals surface area (Å²) < 4.78 is 26.9. The molecule has 7 nitrogen and oxygen atoms in total. The van der Waals surface area contributed by atoms with Crippen LogP contribution in [0.1, 0.15) is 49.1 Å². The van der Waals surface area contributed by atoms with E-state index in [9.17, 15) is 8.42 Å². The Morgan fingerprint density at radius 3 is 2.54 bits per heavy atom. The average Bonchev–Trinajstić information content (AvgIpc) is 2.85. The summed E-state index contributed by atoms with van der Waals surface area (Å²) >= 11 is 0. The lowest BCUT2D eigenvalue weighted by atomic mass is 9.87. The lowest BCUT2D eigenvalue weighted by molar-refractivity contribution is 0.274. The van der Waals surface area contributed by atoms with Crippen LogP contribution < -0.4 is 5.32 Å². The highest BCUT2D eigenvalue weighted by atomic mass is 32.2. The van der Waals surface area contributed by atoms with E-state index in [-0.39, 0.29) is 5.75 Å². The van der Waals surface area contributed by atoms with Gasteiger partial charge in [-0.25, -0.2) is 8.42 Å². The zero-order valence-corrected chi connectivity index (χ0v) is 17.2. The first-order valence-corrected chi connectivity index (χ1v) is 11.1. The van der Waals surface area contributed by atoms with Gasteiger partial charge in [-0.2, -0.15) is 5.10 Å². The van der Waals surface area contributed by atoms with Gasteiger partial charge in [0.1, 0.15) is 0 Å². The molecule has 1 aliphatic heterocycles. The van der Waals surface area contributed by atoms with Gasteiger partial charge in [-0.1, -0.05) is 19.3 Å². The van der Waals surface area contributed by atoms with Crippen molar-refractivity contribution in [3.63, 3.8) is 0 Å². The molecule has 1 saturated heterocycles. The van der Waals surface area contributed by atoms with Crippen LogP contribution in [0.15, 0.2) is 4.99 Å². The van der Waals surface area contributed by atoms with Crippen molar-refractivity contribution in [2.45, 2.75) is 57.2 Å². The maximum Gasteiger partial charge on any atom is 0.193 e. The maximum atomic E-state index is 12.8. The molecule has 2 aliphatic rings. The number of nitrogens with zero attached hydrogens (tertiary/aromatic N) is 4. The Balaban J connectivity index is 1.74. The Morgan fingerprint density at radius 2 is 1.96 bits per heavy atom. The Morgan fingerprint density at radius 1 is 1.27 bits per heavy atom. The first kappa shape index (κ1) is 19.2. The second kappa shape index (κ2) is 7.21. The zero-order valence-electron chi connectivity index (χ0n) is 16.4. The van der Waals surface area contributed by atoms with Crippen LogP contribution in [0.4, 0.5) is 0 Å². The third kappa shape index (κ3) is 3.35. The molecule has 0 unspecified atom stereocenters. The van der Waals surface area contributed by atoms with E-state index in [0.717, 1.165) is 49.5 Å². The van der Waals surface area contributed by atoms with Gasteiger partial charge in [0.15, 0.2) is 15.8 Å². The molecule has 26 heavy (non-hydrogen) atoms. The minimum Gasteiger partial charge on any atom is -0.352 e. The summed E-state index contributed by atoms with van der Waals surface area (Å²) in [7, 11) is 0.677. The quantitative estimate of drug-likeness (QED) is 0.621. The summed E-state index contributed by atoms with van der Waals surface area (Å²) in [6, 6.07) is 0. The summed E-state index contributed by atoms with van der Waals surface area (Å²) in [5, 5.41) is 7.89. The standard InChI is InChI=1S/C18H31N5O2S/c1-14-16(15(2)22(4)21-14)12-20-17(19-3)23-10-11-26(24,25)18(13-23)8-6-5-7-9-18/h5-13H2,1-4H3,(H,19,20). The van der Waals surface area contributed by atoms with Gasteiger partial charge in [0.25, 0.3) is 0 Å². The van der Waals surface area contributed by atoms with Crippen LogP contribution in [0.5, 0.6) is 0 Å². The summed E-state index contributed by atoms with van der Waals surface area (Å²) in [6.07, 6.45) is 4.72. The second-order valence-electron chi connectivity index (χ2n) is 7.66. The van der Waals surface area contributed by atoms with Gasteiger partial charge in [0, 0.05) is 45.0 Å². The number of aliphatic imine (C=N–C) groups is 1. The monoisotopic (exact) mass is 381 g/mol. The van der Waals surface area contributed by atoms with E-state index >= 15 is 0 Å². The SMILES string of the molecule is CN=C(NCc1c(C)nn(C)c1C)N1CCS(=O)(=O)C2(CCCCC2)C1. The fourth-order valence-electron chi connectivity index (χ4n) is 4.39. The summed E-state index contributed by atoms with van der Waals surface area (Å²) in [5.41, 5.74) is 3.32. The summed E-state index contributed by atoms with van der Waals surface area (Å²) in [6.45, 7) is 5.78. The second-order valence-corrected chi connectivity index (χ2v) is 10.2. The third-order valence-electron chi connectivity index (χ3n) is 6.13. The molecule has 1 aromatic heterocycles. The molecule has 0 radical (unpaired) electrons. The van der Waals surface area contributed by atoms with Gasteiger partial charge >= 0.3 is 0 Å². The fraction of sp³-hybridized carbons (Fsp3) is 0.778. The van der Waals surface area contributed by atoms with Crippen LogP contribution in [0.3, 0.4) is 0 Å². The molecule has 1 N–H and O–H groups in total. The van der Waals surface area contributed by atoms with Crippen molar-refractivity contribution < 1.29 is 8.42 Å². The average molecular weight is 382 g/mol. The maximum absolute atomic E-state index is 12.8. The summed E-state index contributed by atoms with van der Waals surface area (Å²) in [4.78, 5) is 6.56. The molecule has 0 atom stereocenters. The van der Waals surface area contributed by atoms with Crippen molar-refractivity contribution in [2.75, 3.05) is 25.9 Å². The Bertz CT molecular complexity index is 791. The lowest BCUT2D eigenvalue weighted by Crippen LogP contribution is -2.60. The van der Waals surface area contributed by atoms with Crippen molar-refractivity contribution in [3.8, 4) is 0 Å². The smallest absolute Gasteiger partial charge is 0.193 e. The molecular weight excluding hydrogens is 350 g/mol. The molecule has 8 heteroatoms. The first-order valence-electron chi connectivity index (χ1n) is 9.47. The molecule has 2 heterocycles. The third-order valence-corrected chi connectivity index (χ3v) is 8.70. The predicted molar refractivity (Wildman–Crippen MR) is 104 cm³/mol. The van der Waals surface area contributed by atoms with Gasteiger partial charge in [-0.15, -0.1) is 0 Å². The highest BCUT2D eigenvalue weighted by molar-refractivity contribution is 7.92. The molecule has 2 fully saturated rings. The molecule has 1 aliphatic carbocycles. The number of sulfone groups is 1. The Labute approximate surface area is 156 Å². The van der Waals surface area contributed by atoms with Gasteiger partial charge < -0.3 is 10.2 Å². The summed E-state index contributed by atoms with van der Waals surface area (Å²) in [5.74, 6) is 1.01. The van der Waals surface area contributed by atoms with Gasteiger partial charge in [0.05, 0.1) is 16.2 Å². The van der Waals surface area contributed by atoms with Crippen LogP contribution in [0.2, 0.25) is 0 Å². The molecule has 3 rings (SSSR count). The van der Waals surface area contributed by atoms with Crippen LogP contribution in [-0.4, -0.2) is 59.7 Å². The molecule has 1 spiro atoms. The highest BCUT2D eigenvalue weighted by Crippen LogP contribution is 2.38. The molecule has 0 amide bonds. The van der Waals surface area contributed by atoms with Gasteiger partial charge in [0.2, 0.25) is 0 Å². The van der Waals surface area contributed by atoms with Crippen molar-refractivity contribution in [1.82, 2.24) is 20.0 Å². The number of aromatic nitrogens is 2. The Hall–Kier alpha value is -1.57. The number of guanidine groups is 1. The van der Waals surface area contributed by atoms with E-state index in [2.05, 4.69) is 27.2 Å². The van der Waals surface area contributed by atoms with E-state index < -0.39 is 14.6 Å². The van der Waals surface area contributed by atoms with E-state index in [0.29, 0.717) is 19.6 Å². The normalized spacial score (nSPS) is 22.6. The van der Waals surface area contributed by atoms with E-state index in [1.54, 1.807) is 7.05 Å². The molecule has 1 aromatic rings. The van der Waals surface area contributed by atoms with Crippen LogP contribution in [0.25, 0.3) is 0 Å². The number of hydrogen-bond donors (Lipinski definition) is 1. The van der Waals surface area contributed by atoms with E-state index in [1.807, 2.05) is 18.7 Å². The molecule has 1 saturated carbocycles. The minimum atomic E-state index is -3.04. The van der Waals surface area contributed by atoms with Crippen molar-refractivity contribution in [2.24, 2.45) is 12.0 Å². The van der Waals surface area contributed by atoms with Crippen molar-refractivity contribution in [1.29, 1.82) is 0 Å². The van der Waals surface area contributed by atoms with Crippen LogP contribution in [-0.2, 0) is 23.4 Å². The van der Waals surface area contributed by atoms with Crippen LogP contribution >= 0.6 is 0 Å². The largest absolute Gasteiger partial charge is 0.352 e. The van der Waals surface area contributed by atoms with Gasteiger partial charge in [-0.3, -0.25) is 9.67 Å². The molecule has 0 aromatic carbocycles. The van der Waals surface area contributed by atoms with Crippen molar-refractivity contribution >= 4 is 15.8 Å². The number of rotatable bonds is 2. The lowest BCUT2D eigenvalue weighted by Gasteiger charge is -2.45. The van der Waals surface area contributed by atoms with Crippen LogP contribution in [0, 0.1) is 13.8 Å². The molecule has 146 valence electrons. The van der Waals surface area contributed by atoms with Gasteiger partial charge in [-0.05, 0) is 26.7 Å². The van der Waals surface area contributed by atoms with E-state index in [1.165, 1.54) is 5.56 Å². The zero-order chi connectivity index (χ0) is 18.9.